The molecule has 1 N–H and O–H groups in total. The van der Waals surface area contributed by atoms with Gasteiger partial charge in [-0.1, -0.05) is 24.0 Å². The van der Waals surface area contributed by atoms with E-state index in [0.717, 1.165) is 11.1 Å². The number of rotatable bonds is 8. The quantitative estimate of drug-likeness (QED) is 0.146. The second kappa shape index (κ2) is 11.3. The van der Waals surface area contributed by atoms with Crippen molar-refractivity contribution < 1.29 is 23.3 Å². The number of carbonyl (C=O) groups excluding carboxylic acids is 3. The van der Waals surface area contributed by atoms with Gasteiger partial charge in [-0.05, 0) is 24.1 Å². The second-order valence-corrected chi connectivity index (χ2v) is 7.18. The highest BCUT2D eigenvalue weighted by Crippen LogP contribution is 2.21. The van der Waals surface area contributed by atoms with Gasteiger partial charge in [-0.2, -0.15) is 0 Å². The van der Waals surface area contributed by atoms with Gasteiger partial charge in [-0.3, -0.25) is 23.9 Å². The predicted molar refractivity (Wildman–Crippen MR) is 110 cm³/mol. The molecular formula is C18H19IN2O5S. The fourth-order valence-electron chi connectivity index (χ4n) is 2.72. The van der Waals surface area contributed by atoms with Crippen LogP contribution >= 0.6 is 30.4 Å². The lowest BCUT2D eigenvalue weighted by Crippen LogP contribution is -2.53. The molecule has 144 valence electrons. The van der Waals surface area contributed by atoms with Crippen LogP contribution in [0.5, 0.6) is 0 Å². The molecule has 1 saturated heterocycles. The maximum Gasteiger partial charge on any atom is 0.249 e. The van der Waals surface area contributed by atoms with Crippen molar-refractivity contribution in [3.05, 3.63) is 35.4 Å². The molecule has 1 heterocycles. The molecule has 2 atom stereocenters. The van der Waals surface area contributed by atoms with Gasteiger partial charge in [0.25, 0.3) is 0 Å². The highest BCUT2D eigenvalue weighted by molar-refractivity contribution is 14.2. The molecule has 2 unspecified atom stereocenters. The number of carbonyl (C=O) groups is 3. The number of hydrogen-bond donors (Lipinski definition) is 1. The van der Waals surface area contributed by atoms with Gasteiger partial charge in [0, 0.05) is 40.3 Å². The Labute approximate surface area is 174 Å². The summed E-state index contributed by atoms with van der Waals surface area (Å²) in [6, 6.07) is 6.81. The van der Waals surface area contributed by atoms with Crippen LogP contribution in [0.1, 0.15) is 30.1 Å². The van der Waals surface area contributed by atoms with Gasteiger partial charge in [0.1, 0.15) is 12.6 Å². The van der Waals surface area contributed by atoms with E-state index in [2.05, 4.69) is 17.2 Å². The zero-order valence-corrected chi connectivity index (χ0v) is 17.6. The first kappa shape index (κ1) is 21.7. The number of piperidine rings is 1. The lowest BCUT2D eigenvalue weighted by Gasteiger charge is -2.32. The Hall–Kier alpha value is -1.61. The van der Waals surface area contributed by atoms with E-state index in [4.69, 9.17) is 8.92 Å². The average Bonchev–Trinajstić information content (AvgIpc) is 2.68. The van der Waals surface area contributed by atoms with Crippen LogP contribution in [0.15, 0.2) is 24.3 Å². The van der Waals surface area contributed by atoms with E-state index in [-0.39, 0.29) is 18.9 Å². The molecule has 9 heteroatoms. The average molecular weight is 502 g/mol. The minimum absolute atomic E-state index is 0.206. The zero-order valence-electron chi connectivity index (χ0n) is 14.6. The summed E-state index contributed by atoms with van der Waals surface area (Å²) in [5.74, 6) is 5.13. The number of benzene rings is 1. The van der Waals surface area contributed by atoms with E-state index < -0.39 is 18.1 Å². The Morgan fingerprint density at radius 1 is 1.41 bits per heavy atom. The standard InChI is InChI=1S/C18H19IN2O5S/c1-25-16(11-21(12-22)15-8-9-17(23)20-18(15)24)14-6-4-13(5-7-14)3-2-10-26-27-19/h4-7,12,15-16H,8-11H2,1H3,(H,20,23,24). The summed E-state index contributed by atoms with van der Waals surface area (Å²) < 4.78 is 10.6. The van der Waals surface area contributed by atoms with Crippen molar-refractivity contribution in [2.24, 2.45) is 0 Å². The Morgan fingerprint density at radius 2 is 2.15 bits per heavy atom. The van der Waals surface area contributed by atoms with Gasteiger partial charge in [-0.25, -0.2) is 0 Å². The topological polar surface area (TPSA) is 84.9 Å². The molecule has 1 aromatic rings. The van der Waals surface area contributed by atoms with Gasteiger partial charge in [0.05, 0.1) is 21.9 Å². The lowest BCUT2D eigenvalue weighted by molar-refractivity contribution is -0.142. The number of nitrogens with zero attached hydrogens (tertiary/aromatic N) is 1. The normalized spacial score (nSPS) is 17.5. The monoisotopic (exact) mass is 502 g/mol. The number of amides is 3. The van der Waals surface area contributed by atoms with Crippen molar-refractivity contribution in [3.8, 4) is 11.8 Å². The van der Waals surface area contributed by atoms with E-state index in [1.165, 1.54) is 14.1 Å². The molecular weight excluding hydrogens is 483 g/mol. The second-order valence-electron chi connectivity index (χ2n) is 5.74. The molecule has 27 heavy (non-hydrogen) atoms. The number of nitrogens with one attached hydrogen (secondary N) is 1. The van der Waals surface area contributed by atoms with Crippen LogP contribution in [-0.4, -0.2) is 49.4 Å². The molecule has 1 aliphatic rings. The third-order valence-electron chi connectivity index (χ3n) is 4.10. The summed E-state index contributed by atoms with van der Waals surface area (Å²) in [6.07, 6.45) is 0.746. The minimum Gasteiger partial charge on any atom is -0.375 e. The molecule has 2 rings (SSSR count). The van der Waals surface area contributed by atoms with E-state index in [1.807, 2.05) is 45.5 Å². The van der Waals surface area contributed by atoms with E-state index >= 15 is 0 Å². The molecule has 1 aliphatic heterocycles. The van der Waals surface area contributed by atoms with Crippen LogP contribution in [0.4, 0.5) is 0 Å². The van der Waals surface area contributed by atoms with Crippen LogP contribution in [0.25, 0.3) is 0 Å². The van der Waals surface area contributed by atoms with E-state index in [1.54, 1.807) is 7.11 Å². The lowest BCUT2D eigenvalue weighted by atomic mass is 10.0. The van der Waals surface area contributed by atoms with Gasteiger partial charge < -0.3 is 9.64 Å². The van der Waals surface area contributed by atoms with E-state index in [0.29, 0.717) is 19.4 Å². The summed E-state index contributed by atoms with van der Waals surface area (Å²) in [7, 11) is 2.78. The number of methoxy groups -OCH3 is 1. The predicted octanol–water partition coefficient (Wildman–Crippen LogP) is 2.00. The smallest absolute Gasteiger partial charge is 0.249 e. The molecule has 0 spiro atoms. The molecule has 3 amide bonds. The molecule has 1 fully saturated rings. The number of ether oxygens (including phenoxy) is 1. The van der Waals surface area contributed by atoms with Crippen LogP contribution in [-0.2, 0) is 23.3 Å². The summed E-state index contributed by atoms with van der Waals surface area (Å²) >= 11 is 2.03. The molecule has 7 nitrogen and oxygen atoms in total. The van der Waals surface area contributed by atoms with Crippen LogP contribution in [0.3, 0.4) is 0 Å². The maximum atomic E-state index is 12.0. The Morgan fingerprint density at radius 3 is 2.74 bits per heavy atom. The summed E-state index contributed by atoms with van der Waals surface area (Å²) in [6.45, 7) is 0.550. The maximum absolute atomic E-state index is 12.0. The molecule has 0 radical (unpaired) electrons. The largest absolute Gasteiger partial charge is 0.375 e. The van der Waals surface area contributed by atoms with Gasteiger partial charge >= 0.3 is 0 Å². The highest BCUT2D eigenvalue weighted by atomic mass is 127. The highest BCUT2D eigenvalue weighted by Gasteiger charge is 2.32. The van der Waals surface area contributed by atoms with Gasteiger partial charge in [0.2, 0.25) is 18.2 Å². The van der Waals surface area contributed by atoms with Crippen molar-refractivity contribution in [3.63, 3.8) is 0 Å². The van der Waals surface area contributed by atoms with Crippen LogP contribution in [0.2, 0.25) is 0 Å². The first-order chi connectivity index (χ1) is 13.1. The fraction of sp³-hybridized carbons (Fsp3) is 0.389. The van der Waals surface area contributed by atoms with Crippen molar-refractivity contribution in [1.29, 1.82) is 0 Å². The first-order valence-electron chi connectivity index (χ1n) is 8.15. The van der Waals surface area contributed by atoms with Gasteiger partial charge in [-0.15, -0.1) is 0 Å². The molecule has 0 aromatic heterocycles. The first-order valence-corrected chi connectivity index (χ1v) is 11.4. The fourth-order valence-corrected chi connectivity index (χ4v) is 3.21. The van der Waals surface area contributed by atoms with E-state index in [9.17, 15) is 14.4 Å². The number of imide groups is 1. The summed E-state index contributed by atoms with van der Waals surface area (Å²) in [5, 5.41) is 2.26. The summed E-state index contributed by atoms with van der Waals surface area (Å²) in [5.41, 5.74) is 1.70. The summed E-state index contributed by atoms with van der Waals surface area (Å²) in [4.78, 5) is 36.2. The Balaban J connectivity index is 2.04. The minimum atomic E-state index is -0.668. The van der Waals surface area contributed by atoms with Crippen molar-refractivity contribution >= 4 is 48.6 Å². The molecule has 1 aromatic carbocycles. The van der Waals surface area contributed by atoms with Crippen molar-refractivity contribution in [2.75, 3.05) is 20.3 Å². The van der Waals surface area contributed by atoms with Crippen molar-refractivity contribution in [2.45, 2.75) is 25.0 Å². The number of hydrogen-bond acceptors (Lipinski definition) is 6. The Kier molecular flexibility index (Phi) is 9.06. The SMILES string of the molecule is COC(CN(C=O)C1CCC(=O)NC1=O)c1ccc(C#CCOSI)cc1. The Bertz CT molecular complexity index is 732. The van der Waals surface area contributed by atoms with Crippen LogP contribution < -0.4 is 5.32 Å². The van der Waals surface area contributed by atoms with Gasteiger partial charge in [0.15, 0.2) is 0 Å². The zero-order chi connectivity index (χ0) is 19.6. The third kappa shape index (κ3) is 6.49. The molecule has 0 saturated carbocycles. The third-order valence-corrected chi connectivity index (χ3v) is 5.07. The molecule has 0 bridgehead atoms. The van der Waals surface area contributed by atoms with Crippen molar-refractivity contribution in [1.82, 2.24) is 10.2 Å². The molecule has 0 aliphatic carbocycles. The number of halogens is 1. The van der Waals surface area contributed by atoms with Crippen LogP contribution in [0, 0.1) is 11.8 Å².